The van der Waals surface area contributed by atoms with Gasteiger partial charge in [-0.15, -0.1) is 0 Å². The number of aryl methyl sites for hydroxylation is 1. The number of nitrogens with zero attached hydrogens (tertiary/aromatic N) is 3. The third-order valence-corrected chi connectivity index (χ3v) is 2.32. The highest BCUT2D eigenvalue weighted by Gasteiger charge is 2.03. The standard InChI is InChI=1S/C7H13N3S/c1-4-5-10(3)7-8-6(2)9-11-7/h4-5H2,1-3H3. The van der Waals surface area contributed by atoms with Gasteiger partial charge in [0.05, 0.1) is 0 Å². The van der Waals surface area contributed by atoms with Crippen molar-refractivity contribution >= 4 is 16.7 Å². The van der Waals surface area contributed by atoms with Gasteiger partial charge in [0.2, 0.25) is 5.13 Å². The van der Waals surface area contributed by atoms with Gasteiger partial charge in [-0.05, 0) is 13.3 Å². The first-order valence-electron chi connectivity index (χ1n) is 3.75. The highest BCUT2D eigenvalue weighted by molar-refractivity contribution is 7.09. The van der Waals surface area contributed by atoms with Crippen molar-refractivity contribution in [3.63, 3.8) is 0 Å². The van der Waals surface area contributed by atoms with E-state index in [1.165, 1.54) is 11.5 Å². The van der Waals surface area contributed by atoms with Gasteiger partial charge in [0.1, 0.15) is 5.82 Å². The second-order valence-electron chi connectivity index (χ2n) is 2.55. The van der Waals surface area contributed by atoms with Crippen LogP contribution in [0.1, 0.15) is 19.2 Å². The van der Waals surface area contributed by atoms with E-state index < -0.39 is 0 Å². The molecule has 0 saturated heterocycles. The highest BCUT2D eigenvalue weighted by Crippen LogP contribution is 2.14. The maximum atomic E-state index is 4.26. The molecule has 0 aromatic carbocycles. The minimum atomic E-state index is 0.868. The fraction of sp³-hybridized carbons (Fsp3) is 0.714. The Morgan fingerprint density at radius 3 is 2.73 bits per heavy atom. The number of hydrogen-bond acceptors (Lipinski definition) is 4. The fourth-order valence-corrected chi connectivity index (χ4v) is 1.53. The smallest absolute Gasteiger partial charge is 0.204 e. The van der Waals surface area contributed by atoms with Crippen LogP contribution in [0.2, 0.25) is 0 Å². The Morgan fingerprint density at radius 2 is 2.27 bits per heavy atom. The average molecular weight is 171 g/mol. The number of anilines is 1. The predicted molar refractivity (Wildman–Crippen MR) is 48.2 cm³/mol. The van der Waals surface area contributed by atoms with Gasteiger partial charge in [0.15, 0.2) is 0 Å². The second-order valence-corrected chi connectivity index (χ2v) is 3.28. The number of rotatable bonds is 3. The molecule has 0 fully saturated rings. The molecule has 1 heterocycles. The summed E-state index contributed by atoms with van der Waals surface area (Å²) < 4.78 is 4.11. The van der Waals surface area contributed by atoms with E-state index in [0.717, 1.165) is 23.9 Å². The highest BCUT2D eigenvalue weighted by atomic mass is 32.1. The van der Waals surface area contributed by atoms with Crippen molar-refractivity contribution in [1.82, 2.24) is 9.36 Å². The van der Waals surface area contributed by atoms with Crippen molar-refractivity contribution in [2.45, 2.75) is 20.3 Å². The lowest BCUT2D eigenvalue weighted by molar-refractivity contribution is 0.845. The monoisotopic (exact) mass is 171 g/mol. The molecule has 1 aromatic heterocycles. The van der Waals surface area contributed by atoms with E-state index in [1.54, 1.807) is 0 Å². The van der Waals surface area contributed by atoms with E-state index in [-0.39, 0.29) is 0 Å². The quantitative estimate of drug-likeness (QED) is 0.693. The first-order valence-corrected chi connectivity index (χ1v) is 4.53. The maximum Gasteiger partial charge on any atom is 0.204 e. The molecule has 0 atom stereocenters. The Balaban J connectivity index is 2.60. The molecule has 0 aliphatic heterocycles. The summed E-state index contributed by atoms with van der Waals surface area (Å²) in [5.74, 6) is 0.868. The Labute approximate surface area is 71.2 Å². The number of aromatic nitrogens is 2. The summed E-state index contributed by atoms with van der Waals surface area (Å²) in [5.41, 5.74) is 0. The van der Waals surface area contributed by atoms with Crippen molar-refractivity contribution in [2.75, 3.05) is 18.5 Å². The Kier molecular flexibility index (Phi) is 2.82. The van der Waals surface area contributed by atoms with E-state index >= 15 is 0 Å². The number of hydrogen-bond donors (Lipinski definition) is 0. The van der Waals surface area contributed by atoms with Crippen molar-refractivity contribution < 1.29 is 0 Å². The predicted octanol–water partition coefficient (Wildman–Crippen LogP) is 1.69. The molecular weight excluding hydrogens is 158 g/mol. The molecule has 62 valence electrons. The summed E-state index contributed by atoms with van der Waals surface area (Å²) in [5, 5.41) is 1.02. The molecule has 0 radical (unpaired) electrons. The molecule has 11 heavy (non-hydrogen) atoms. The molecule has 0 aliphatic carbocycles. The lowest BCUT2D eigenvalue weighted by atomic mass is 10.5. The summed E-state index contributed by atoms with van der Waals surface area (Å²) in [6.07, 6.45) is 1.15. The summed E-state index contributed by atoms with van der Waals surface area (Å²) in [6, 6.07) is 0. The van der Waals surface area contributed by atoms with Gasteiger partial charge in [-0.2, -0.15) is 4.37 Å². The fourth-order valence-electron chi connectivity index (χ4n) is 0.872. The van der Waals surface area contributed by atoms with Crippen LogP contribution in [0.4, 0.5) is 5.13 Å². The molecule has 0 aliphatic rings. The van der Waals surface area contributed by atoms with Crippen LogP contribution in [-0.2, 0) is 0 Å². The zero-order chi connectivity index (χ0) is 8.27. The molecule has 0 amide bonds. The summed E-state index contributed by atoms with van der Waals surface area (Å²) >= 11 is 1.46. The minimum Gasteiger partial charge on any atom is -0.350 e. The SMILES string of the molecule is CCCN(C)c1nc(C)ns1. The zero-order valence-electron chi connectivity index (χ0n) is 7.16. The average Bonchev–Trinajstić information content (AvgIpc) is 2.36. The molecule has 3 nitrogen and oxygen atoms in total. The molecule has 0 bridgehead atoms. The van der Waals surface area contributed by atoms with Crippen molar-refractivity contribution in [3.8, 4) is 0 Å². The van der Waals surface area contributed by atoms with Crippen LogP contribution in [0.25, 0.3) is 0 Å². The normalized spacial score (nSPS) is 10.1. The Morgan fingerprint density at radius 1 is 1.55 bits per heavy atom. The van der Waals surface area contributed by atoms with Crippen molar-refractivity contribution in [2.24, 2.45) is 0 Å². The van der Waals surface area contributed by atoms with Crippen LogP contribution in [-0.4, -0.2) is 22.9 Å². The topological polar surface area (TPSA) is 29.0 Å². The van der Waals surface area contributed by atoms with E-state index in [4.69, 9.17) is 0 Å². The molecule has 4 heteroatoms. The summed E-state index contributed by atoms with van der Waals surface area (Å²) in [6.45, 7) is 5.12. The molecule has 1 rings (SSSR count). The van der Waals surface area contributed by atoms with Gasteiger partial charge in [-0.3, -0.25) is 0 Å². The second kappa shape index (κ2) is 3.67. The van der Waals surface area contributed by atoms with Crippen LogP contribution in [0.3, 0.4) is 0 Å². The van der Waals surface area contributed by atoms with E-state index in [1.807, 2.05) is 14.0 Å². The van der Waals surface area contributed by atoms with Crippen molar-refractivity contribution in [3.05, 3.63) is 5.82 Å². The molecule has 0 unspecified atom stereocenters. The summed E-state index contributed by atoms with van der Waals surface area (Å²) in [4.78, 5) is 6.39. The van der Waals surface area contributed by atoms with Crippen molar-refractivity contribution in [1.29, 1.82) is 0 Å². The lowest BCUT2D eigenvalue weighted by Crippen LogP contribution is -2.17. The Hall–Kier alpha value is -0.640. The zero-order valence-corrected chi connectivity index (χ0v) is 7.98. The third kappa shape index (κ3) is 2.15. The van der Waals surface area contributed by atoms with Crippen LogP contribution in [0.15, 0.2) is 0 Å². The maximum absolute atomic E-state index is 4.26. The van der Waals surface area contributed by atoms with E-state index in [0.29, 0.717) is 0 Å². The van der Waals surface area contributed by atoms with Crippen LogP contribution < -0.4 is 4.90 Å². The molecular formula is C7H13N3S. The van der Waals surface area contributed by atoms with Crippen LogP contribution >= 0.6 is 11.5 Å². The van der Waals surface area contributed by atoms with Gasteiger partial charge in [0, 0.05) is 25.1 Å². The van der Waals surface area contributed by atoms with Gasteiger partial charge < -0.3 is 4.90 Å². The molecule has 1 aromatic rings. The molecule has 0 saturated carbocycles. The van der Waals surface area contributed by atoms with E-state index in [9.17, 15) is 0 Å². The van der Waals surface area contributed by atoms with Crippen LogP contribution in [0.5, 0.6) is 0 Å². The van der Waals surface area contributed by atoms with Gasteiger partial charge in [0.25, 0.3) is 0 Å². The largest absolute Gasteiger partial charge is 0.350 e. The first-order chi connectivity index (χ1) is 5.24. The first kappa shape index (κ1) is 8.46. The van der Waals surface area contributed by atoms with Gasteiger partial charge in [-0.25, -0.2) is 4.98 Å². The Bertz CT molecular complexity index is 221. The van der Waals surface area contributed by atoms with Gasteiger partial charge in [-0.1, -0.05) is 6.92 Å². The molecule has 0 spiro atoms. The minimum absolute atomic E-state index is 0.868. The van der Waals surface area contributed by atoms with E-state index in [2.05, 4.69) is 21.2 Å². The third-order valence-electron chi connectivity index (χ3n) is 1.40. The van der Waals surface area contributed by atoms with Crippen LogP contribution in [0, 0.1) is 6.92 Å². The summed E-state index contributed by atoms with van der Waals surface area (Å²) in [7, 11) is 2.05. The van der Waals surface area contributed by atoms with Gasteiger partial charge >= 0.3 is 0 Å². The lowest BCUT2D eigenvalue weighted by Gasteiger charge is -2.12. The molecule has 0 N–H and O–H groups in total.